The lowest BCUT2D eigenvalue weighted by atomic mass is 9.70. The second-order valence-corrected chi connectivity index (χ2v) is 5.90. The van der Waals surface area contributed by atoms with Gasteiger partial charge in [0.05, 0.1) is 0 Å². The van der Waals surface area contributed by atoms with Crippen molar-refractivity contribution in [2.75, 3.05) is 5.43 Å². The van der Waals surface area contributed by atoms with E-state index in [1.54, 1.807) is 0 Å². The predicted octanol–water partition coefficient (Wildman–Crippen LogP) is 1.81. The standard InChI is InChI=1S/C11H18N6/c1-10(2)7-4-5-11(10,3)8(6-7)12-13-9-14-16-17-15-9/h7H,4-6H2,1-3H3,(H2,13,14,15,16,17)/b12-8+/t7-,11+/m1/s1. The van der Waals surface area contributed by atoms with E-state index in [1.807, 2.05) is 0 Å². The molecule has 2 bridgehead atoms. The maximum Gasteiger partial charge on any atom is 0.283 e. The minimum absolute atomic E-state index is 0.217. The van der Waals surface area contributed by atoms with Crippen LogP contribution >= 0.6 is 0 Å². The fourth-order valence-electron chi connectivity index (χ4n) is 3.42. The summed E-state index contributed by atoms with van der Waals surface area (Å²) >= 11 is 0. The Morgan fingerprint density at radius 1 is 1.41 bits per heavy atom. The average Bonchev–Trinajstić information content (AvgIpc) is 2.91. The minimum Gasteiger partial charge on any atom is -0.243 e. The summed E-state index contributed by atoms with van der Waals surface area (Å²) in [7, 11) is 0. The Morgan fingerprint density at radius 2 is 2.24 bits per heavy atom. The summed E-state index contributed by atoms with van der Waals surface area (Å²) in [6, 6.07) is 0. The summed E-state index contributed by atoms with van der Waals surface area (Å²) in [5.41, 5.74) is 4.71. The van der Waals surface area contributed by atoms with Crippen molar-refractivity contribution in [1.29, 1.82) is 0 Å². The van der Waals surface area contributed by atoms with Crippen LogP contribution in [-0.4, -0.2) is 26.3 Å². The van der Waals surface area contributed by atoms with Crippen LogP contribution in [0.15, 0.2) is 5.10 Å². The smallest absolute Gasteiger partial charge is 0.243 e. The number of fused-ring (bicyclic) bond motifs is 2. The van der Waals surface area contributed by atoms with E-state index in [1.165, 1.54) is 18.6 Å². The van der Waals surface area contributed by atoms with Gasteiger partial charge in [0.25, 0.3) is 5.95 Å². The third-order valence-corrected chi connectivity index (χ3v) is 5.15. The number of nitrogens with zero attached hydrogens (tertiary/aromatic N) is 4. The lowest BCUT2D eigenvalue weighted by Crippen LogP contribution is -2.32. The highest BCUT2D eigenvalue weighted by Gasteiger charge is 2.59. The van der Waals surface area contributed by atoms with Crippen LogP contribution in [0.5, 0.6) is 0 Å². The van der Waals surface area contributed by atoms with Gasteiger partial charge in [-0.05, 0) is 35.8 Å². The molecule has 92 valence electrons. The summed E-state index contributed by atoms with van der Waals surface area (Å²) in [6.07, 6.45) is 3.65. The Balaban J connectivity index is 1.84. The number of rotatable bonds is 2. The largest absolute Gasteiger partial charge is 0.283 e. The molecule has 2 atom stereocenters. The fraction of sp³-hybridized carbons (Fsp3) is 0.818. The second-order valence-electron chi connectivity index (χ2n) is 5.90. The molecule has 1 heterocycles. The zero-order chi connectivity index (χ0) is 12.1. The van der Waals surface area contributed by atoms with E-state index in [0.717, 1.165) is 12.3 Å². The van der Waals surface area contributed by atoms with Crippen molar-refractivity contribution < 1.29 is 0 Å². The summed E-state index contributed by atoms with van der Waals surface area (Å²) in [5, 5.41) is 18.1. The van der Waals surface area contributed by atoms with E-state index >= 15 is 0 Å². The first-order valence-corrected chi connectivity index (χ1v) is 6.10. The number of hydrazone groups is 1. The first-order valence-electron chi connectivity index (χ1n) is 6.10. The number of aromatic nitrogens is 4. The van der Waals surface area contributed by atoms with Crippen molar-refractivity contribution in [2.45, 2.75) is 40.0 Å². The van der Waals surface area contributed by atoms with E-state index < -0.39 is 0 Å². The Morgan fingerprint density at radius 3 is 2.76 bits per heavy atom. The molecule has 6 heteroatoms. The van der Waals surface area contributed by atoms with E-state index in [9.17, 15) is 0 Å². The van der Waals surface area contributed by atoms with Crippen LogP contribution in [0.25, 0.3) is 0 Å². The maximum absolute atomic E-state index is 4.50. The molecule has 0 saturated heterocycles. The fourth-order valence-corrected chi connectivity index (χ4v) is 3.42. The van der Waals surface area contributed by atoms with Gasteiger partial charge in [-0.3, -0.25) is 0 Å². The molecule has 0 spiro atoms. The Kier molecular flexibility index (Phi) is 2.06. The van der Waals surface area contributed by atoms with Gasteiger partial charge in [0.15, 0.2) is 0 Å². The van der Waals surface area contributed by atoms with Gasteiger partial charge in [0.1, 0.15) is 0 Å². The third kappa shape index (κ3) is 1.33. The van der Waals surface area contributed by atoms with E-state index in [2.05, 4.69) is 51.9 Å². The third-order valence-electron chi connectivity index (χ3n) is 5.15. The van der Waals surface area contributed by atoms with Gasteiger partial charge < -0.3 is 0 Å². The molecule has 6 nitrogen and oxygen atoms in total. The number of tetrazole rings is 1. The van der Waals surface area contributed by atoms with Crippen molar-refractivity contribution in [3.63, 3.8) is 0 Å². The molecule has 1 aromatic heterocycles. The Labute approximate surface area is 100 Å². The van der Waals surface area contributed by atoms with Crippen LogP contribution in [0.1, 0.15) is 40.0 Å². The number of hydrogen-bond donors (Lipinski definition) is 2. The van der Waals surface area contributed by atoms with Crippen LogP contribution in [0.4, 0.5) is 5.95 Å². The van der Waals surface area contributed by atoms with Crippen LogP contribution in [0.2, 0.25) is 0 Å². The van der Waals surface area contributed by atoms with Crippen molar-refractivity contribution in [3.8, 4) is 0 Å². The predicted molar refractivity (Wildman–Crippen MR) is 64.5 cm³/mol. The summed E-state index contributed by atoms with van der Waals surface area (Å²) in [5.74, 6) is 1.19. The highest BCUT2D eigenvalue weighted by molar-refractivity contribution is 5.94. The molecule has 3 rings (SSSR count). The molecule has 2 aliphatic carbocycles. The number of anilines is 1. The number of aromatic amines is 1. The zero-order valence-electron chi connectivity index (χ0n) is 10.5. The summed E-state index contributed by atoms with van der Waals surface area (Å²) < 4.78 is 0. The number of H-pyrrole nitrogens is 1. The molecular formula is C11H18N6. The summed E-state index contributed by atoms with van der Waals surface area (Å²) in [4.78, 5) is 0. The maximum atomic E-state index is 4.50. The first kappa shape index (κ1) is 10.7. The highest BCUT2D eigenvalue weighted by atomic mass is 15.5. The molecule has 0 unspecified atom stereocenters. The van der Waals surface area contributed by atoms with Gasteiger partial charge in [0, 0.05) is 11.1 Å². The van der Waals surface area contributed by atoms with Crippen LogP contribution in [-0.2, 0) is 0 Å². The van der Waals surface area contributed by atoms with Crippen molar-refractivity contribution in [3.05, 3.63) is 0 Å². The van der Waals surface area contributed by atoms with E-state index in [-0.39, 0.29) is 5.41 Å². The second kappa shape index (κ2) is 3.27. The van der Waals surface area contributed by atoms with Crippen molar-refractivity contribution >= 4 is 11.7 Å². The van der Waals surface area contributed by atoms with Crippen LogP contribution < -0.4 is 5.43 Å². The van der Waals surface area contributed by atoms with Crippen molar-refractivity contribution in [2.24, 2.45) is 21.8 Å². The number of nitrogens with one attached hydrogen (secondary N) is 2. The van der Waals surface area contributed by atoms with Gasteiger partial charge >= 0.3 is 0 Å². The first-order chi connectivity index (χ1) is 8.04. The molecular weight excluding hydrogens is 216 g/mol. The van der Waals surface area contributed by atoms with Gasteiger partial charge in [-0.2, -0.15) is 10.3 Å². The average molecular weight is 234 g/mol. The number of hydrogen-bond acceptors (Lipinski definition) is 5. The normalized spacial score (nSPS) is 36.6. The van der Waals surface area contributed by atoms with Crippen LogP contribution in [0, 0.1) is 16.7 Å². The Bertz CT molecular complexity index is 449. The lowest BCUT2D eigenvalue weighted by molar-refractivity contribution is 0.194. The van der Waals surface area contributed by atoms with E-state index in [0.29, 0.717) is 11.4 Å². The molecule has 2 aliphatic rings. The minimum atomic E-state index is 0.217. The highest BCUT2D eigenvalue weighted by Crippen LogP contribution is 2.63. The molecule has 0 radical (unpaired) electrons. The molecule has 1 aromatic rings. The molecule has 17 heavy (non-hydrogen) atoms. The summed E-state index contributed by atoms with van der Waals surface area (Å²) in [6.45, 7) is 7.06. The molecule has 0 aliphatic heterocycles. The topological polar surface area (TPSA) is 78.9 Å². The molecule has 0 aromatic carbocycles. The van der Waals surface area contributed by atoms with Gasteiger partial charge in [-0.1, -0.05) is 25.9 Å². The van der Waals surface area contributed by atoms with Gasteiger partial charge in [-0.15, -0.1) is 5.10 Å². The molecule has 2 N–H and O–H groups in total. The van der Waals surface area contributed by atoms with E-state index in [4.69, 9.17) is 0 Å². The zero-order valence-corrected chi connectivity index (χ0v) is 10.5. The molecule has 2 saturated carbocycles. The van der Waals surface area contributed by atoms with Gasteiger partial charge in [0.2, 0.25) is 0 Å². The lowest BCUT2D eigenvalue weighted by Gasteiger charge is -2.34. The molecule has 2 fully saturated rings. The van der Waals surface area contributed by atoms with Crippen LogP contribution in [0.3, 0.4) is 0 Å². The molecule has 0 amide bonds. The Hall–Kier alpha value is -1.46. The monoisotopic (exact) mass is 234 g/mol. The van der Waals surface area contributed by atoms with Crippen molar-refractivity contribution in [1.82, 2.24) is 20.6 Å². The van der Waals surface area contributed by atoms with Gasteiger partial charge in [-0.25, -0.2) is 5.43 Å². The quantitative estimate of drug-likeness (QED) is 0.765. The SMILES string of the molecule is CC1(C)[C@@H]2CC[C@@]1(C)/C(=N/Nc1nn[nH]n1)C2.